The van der Waals surface area contributed by atoms with E-state index in [1.165, 1.54) is 38.5 Å². The van der Waals surface area contributed by atoms with Crippen molar-refractivity contribution >= 4 is 60.8 Å². The van der Waals surface area contributed by atoms with Gasteiger partial charge in [-0.1, -0.05) is 146 Å². The maximum atomic E-state index is 6.25. The van der Waals surface area contributed by atoms with Crippen molar-refractivity contribution in [3.63, 3.8) is 0 Å². The number of benzene rings is 9. The summed E-state index contributed by atoms with van der Waals surface area (Å²) in [6.07, 6.45) is 0. The van der Waals surface area contributed by atoms with Gasteiger partial charge in [0.25, 0.3) is 0 Å². The molecular formula is C54H36N2O. The van der Waals surface area contributed by atoms with Gasteiger partial charge in [0.05, 0.1) is 11.0 Å². The zero-order valence-corrected chi connectivity index (χ0v) is 31.1. The van der Waals surface area contributed by atoms with Gasteiger partial charge in [-0.25, -0.2) is 0 Å². The van der Waals surface area contributed by atoms with Crippen LogP contribution in [0.15, 0.2) is 223 Å². The van der Waals surface area contributed by atoms with Crippen molar-refractivity contribution in [2.45, 2.75) is 0 Å². The summed E-state index contributed by atoms with van der Waals surface area (Å²) >= 11 is 0. The molecule has 3 heteroatoms. The number of hydrogen-bond donors (Lipinski definition) is 0. The quantitative estimate of drug-likeness (QED) is 0.163. The predicted molar refractivity (Wildman–Crippen MR) is 239 cm³/mol. The second-order valence-corrected chi connectivity index (χ2v) is 14.5. The highest BCUT2D eigenvalue weighted by molar-refractivity contribution is 6.16. The predicted octanol–water partition coefficient (Wildman–Crippen LogP) is 15.2. The summed E-state index contributed by atoms with van der Waals surface area (Å²) in [5.41, 5.74) is 15.6. The minimum atomic E-state index is 0.899. The summed E-state index contributed by atoms with van der Waals surface area (Å²) in [7, 11) is 0. The molecule has 0 saturated heterocycles. The van der Waals surface area contributed by atoms with Gasteiger partial charge < -0.3 is 13.9 Å². The summed E-state index contributed by atoms with van der Waals surface area (Å²) < 4.78 is 8.67. The summed E-state index contributed by atoms with van der Waals surface area (Å²) in [6, 6.07) is 78.2. The highest BCUT2D eigenvalue weighted by Crippen LogP contribution is 2.43. The molecule has 0 aliphatic heterocycles. The number of rotatable bonds is 7. The first-order valence-corrected chi connectivity index (χ1v) is 19.4. The number of hydrogen-bond acceptors (Lipinski definition) is 2. The maximum Gasteiger partial charge on any atom is 0.136 e. The molecule has 0 atom stereocenters. The highest BCUT2D eigenvalue weighted by Gasteiger charge is 2.20. The molecule has 0 N–H and O–H groups in total. The van der Waals surface area contributed by atoms with E-state index in [1.807, 2.05) is 12.1 Å². The third kappa shape index (κ3) is 5.68. The second-order valence-electron chi connectivity index (χ2n) is 14.5. The minimum Gasteiger partial charge on any atom is -0.456 e. The first-order chi connectivity index (χ1) is 28.3. The van der Waals surface area contributed by atoms with Crippen LogP contribution < -0.4 is 4.90 Å². The van der Waals surface area contributed by atoms with Crippen molar-refractivity contribution in [2.75, 3.05) is 4.90 Å². The fourth-order valence-electron chi connectivity index (χ4n) is 8.50. The summed E-state index contributed by atoms with van der Waals surface area (Å²) in [5.74, 6) is 0. The SMILES string of the molecule is c1ccc(-c2ccc(N(c3ccc(-c4ccc5c(c4)oc4ccccc45)cc3)c3ccc4c5c(-c6ccccc6)cccc5n(-c5ccccc5)c4c3)cc2)cc1. The summed E-state index contributed by atoms with van der Waals surface area (Å²) in [5, 5.41) is 4.74. The Bertz CT molecular complexity index is 3200. The Kier molecular flexibility index (Phi) is 7.82. The van der Waals surface area contributed by atoms with Crippen LogP contribution in [0, 0.1) is 0 Å². The van der Waals surface area contributed by atoms with E-state index in [9.17, 15) is 0 Å². The average Bonchev–Trinajstić information content (AvgIpc) is 3.83. The van der Waals surface area contributed by atoms with Crippen molar-refractivity contribution in [1.82, 2.24) is 4.57 Å². The lowest BCUT2D eigenvalue weighted by molar-refractivity contribution is 0.669. The van der Waals surface area contributed by atoms with Gasteiger partial charge in [-0.15, -0.1) is 0 Å². The van der Waals surface area contributed by atoms with Gasteiger partial charge >= 0.3 is 0 Å². The standard InChI is InChI=1S/C54H36N2O/c1-4-13-37(14-5-1)38-23-28-43(29-24-38)55(44-30-25-39(26-31-44)41-27-33-48-47-19-10-11-22-52(47)57-53(48)35-41)45-32-34-49-51(36-45)56(42-17-8-3-9-18-42)50-21-12-20-46(54(49)50)40-15-6-2-7-16-40/h1-36H. The summed E-state index contributed by atoms with van der Waals surface area (Å²) in [4.78, 5) is 2.37. The number of fused-ring (bicyclic) bond motifs is 6. The van der Waals surface area contributed by atoms with Crippen LogP contribution in [0.25, 0.3) is 82.8 Å². The Morgan fingerprint density at radius 3 is 1.60 bits per heavy atom. The van der Waals surface area contributed by atoms with E-state index in [0.717, 1.165) is 61.3 Å². The second kappa shape index (κ2) is 13.6. The smallest absolute Gasteiger partial charge is 0.136 e. The molecule has 11 aromatic rings. The van der Waals surface area contributed by atoms with Crippen LogP contribution in [0.2, 0.25) is 0 Å². The van der Waals surface area contributed by atoms with Gasteiger partial charge in [-0.05, 0) is 106 Å². The molecule has 2 aromatic heterocycles. The molecular weight excluding hydrogens is 693 g/mol. The van der Waals surface area contributed by atoms with E-state index in [4.69, 9.17) is 4.42 Å². The van der Waals surface area contributed by atoms with Crippen molar-refractivity contribution in [2.24, 2.45) is 0 Å². The zero-order chi connectivity index (χ0) is 37.7. The van der Waals surface area contributed by atoms with Crippen molar-refractivity contribution in [1.29, 1.82) is 0 Å². The number of furan rings is 1. The minimum absolute atomic E-state index is 0.899. The van der Waals surface area contributed by atoms with Crippen molar-refractivity contribution < 1.29 is 4.42 Å². The molecule has 0 bridgehead atoms. The van der Waals surface area contributed by atoms with E-state index < -0.39 is 0 Å². The van der Waals surface area contributed by atoms with Crippen LogP contribution in [0.4, 0.5) is 17.1 Å². The monoisotopic (exact) mass is 728 g/mol. The normalized spacial score (nSPS) is 11.5. The molecule has 11 rings (SSSR count). The van der Waals surface area contributed by atoms with Crippen LogP contribution >= 0.6 is 0 Å². The van der Waals surface area contributed by atoms with E-state index in [-0.39, 0.29) is 0 Å². The number of aromatic nitrogens is 1. The largest absolute Gasteiger partial charge is 0.456 e. The lowest BCUT2D eigenvalue weighted by Crippen LogP contribution is -2.10. The van der Waals surface area contributed by atoms with Gasteiger partial charge in [0.1, 0.15) is 11.2 Å². The van der Waals surface area contributed by atoms with Gasteiger partial charge in [-0.2, -0.15) is 0 Å². The third-order valence-corrected chi connectivity index (χ3v) is 11.2. The first-order valence-electron chi connectivity index (χ1n) is 19.4. The Hall–Kier alpha value is -7.62. The van der Waals surface area contributed by atoms with E-state index in [1.54, 1.807) is 0 Å². The molecule has 0 radical (unpaired) electrons. The van der Waals surface area contributed by atoms with E-state index in [0.29, 0.717) is 0 Å². The fraction of sp³-hybridized carbons (Fsp3) is 0. The number of nitrogens with zero attached hydrogens (tertiary/aromatic N) is 2. The lowest BCUT2D eigenvalue weighted by atomic mass is 9.99. The van der Waals surface area contributed by atoms with Gasteiger partial charge in [0.2, 0.25) is 0 Å². The molecule has 9 aromatic carbocycles. The molecule has 3 nitrogen and oxygen atoms in total. The van der Waals surface area contributed by atoms with Crippen molar-refractivity contribution in [3.8, 4) is 39.1 Å². The Morgan fingerprint density at radius 1 is 0.333 bits per heavy atom. The number of anilines is 3. The third-order valence-electron chi connectivity index (χ3n) is 11.2. The highest BCUT2D eigenvalue weighted by atomic mass is 16.3. The average molecular weight is 729 g/mol. The Balaban J connectivity index is 1.08. The van der Waals surface area contributed by atoms with Crippen LogP contribution in [0.3, 0.4) is 0 Å². The molecule has 0 aliphatic carbocycles. The molecule has 0 aliphatic rings. The molecule has 0 fully saturated rings. The van der Waals surface area contributed by atoms with Gasteiger partial charge in [0.15, 0.2) is 0 Å². The van der Waals surface area contributed by atoms with Crippen molar-refractivity contribution in [3.05, 3.63) is 218 Å². The van der Waals surface area contributed by atoms with Gasteiger partial charge in [-0.3, -0.25) is 0 Å². The topological polar surface area (TPSA) is 21.3 Å². The van der Waals surface area contributed by atoms with E-state index in [2.05, 4.69) is 216 Å². The van der Waals surface area contributed by atoms with Crippen LogP contribution in [0.5, 0.6) is 0 Å². The molecule has 0 unspecified atom stereocenters. The van der Waals surface area contributed by atoms with Crippen LogP contribution in [0.1, 0.15) is 0 Å². The molecule has 0 saturated carbocycles. The molecule has 57 heavy (non-hydrogen) atoms. The summed E-state index contributed by atoms with van der Waals surface area (Å²) in [6.45, 7) is 0. The van der Waals surface area contributed by atoms with Crippen LogP contribution in [-0.2, 0) is 0 Å². The van der Waals surface area contributed by atoms with Gasteiger partial charge in [0, 0.05) is 44.3 Å². The molecule has 0 amide bonds. The Labute approximate surface area is 330 Å². The lowest BCUT2D eigenvalue weighted by Gasteiger charge is -2.26. The molecule has 2 heterocycles. The maximum absolute atomic E-state index is 6.25. The molecule has 268 valence electrons. The number of para-hydroxylation sites is 2. The van der Waals surface area contributed by atoms with E-state index >= 15 is 0 Å². The zero-order valence-electron chi connectivity index (χ0n) is 31.1. The Morgan fingerprint density at radius 2 is 0.877 bits per heavy atom. The first kappa shape index (κ1) is 32.8. The molecule has 0 spiro atoms. The van der Waals surface area contributed by atoms with Crippen LogP contribution in [-0.4, -0.2) is 4.57 Å². The fourth-order valence-corrected chi connectivity index (χ4v) is 8.50.